The highest BCUT2D eigenvalue weighted by atomic mass is 32.2. The molecule has 1 unspecified atom stereocenters. The third kappa shape index (κ3) is 3.76. The van der Waals surface area contributed by atoms with E-state index in [0.717, 1.165) is 0 Å². The molecule has 0 heterocycles. The molecule has 1 aromatic carbocycles. The van der Waals surface area contributed by atoms with Crippen LogP contribution in [0.15, 0.2) is 17.0 Å². The molecule has 6 heteroatoms. The molecule has 0 saturated heterocycles. The molecule has 0 aliphatic carbocycles. The van der Waals surface area contributed by atoms with Crippen LogP contribution in [0, 0.1) is 19.7 Å². The summed E-state index contributed by atoms with van der Waals surface area (Å²) >= 11 is 0. The molecule has 102 valence electrons. The fourth-order valence-corrected chi connectivity index (χ4v) is 2.78. The van der Waals surface area contributed by atoms with E-state index in [2.05, 4.69) is 4.72 Å². The second-order valence-corrected chi connectivity index (χ2v) is 6.30. The average molecular weight is 274 g/mol. The first-order valence-corrected chi connectivity index (χ1v) is 7.24. The number of benzene rings is 1. The second-order valence-electron chi connectivity index (χ2n) is 4.53. The lowest BCUT2D eigenvalue weighted by molar-refractivity contribution is 0.570. The monoisotopic (exact) mass is 274 g/mol. The van der Waals surface area contributed by atoms with E-state index in [9.17, 15) is 12.8 Å². The molecule has 3 N–H and O–H groups in total. The van der Waals surface area contributed by atoms with E-state index < -0.39 is 10.0 Å². The van der Waals surface area contributed by atoms with Crippen molar-refractivity contribution in [1.29, 1.82) is 0 Å². The molecule has 1 atom stereocenters. The van der Waals surface area contributed by atoms with Gasteiger partial charge in [0.2, 0.25) is 10.0 Å². The lowest BCUT2D eigenvalue weighted by Crippen LogP contribution is -2.29. The van der Waals surface area contributed by atoms with Crippen molar-refractivity contribution in [3.05, 3.63) is 29.1 Å². The highest BCUT2D eigenvalue weighted by Gasteiger charge is 2.16. The minimum Gasteiger partial charge on any atom is -0.328 e. The summed E-state index contributed by atoms with van der Waals surface area (Å²) in [5, 5.41) is 0. The van der Waals surface area contributed by atoms with Gasteiger partial charge in [0.15, 0.2) is 0 Å². The number of sulfonamides is 1. The van der Waals surface area contributed by atoms with Crippen molar-refractivity contribution < 1.29 is 12.8 Å². The molecular weight excluding hydrogens is 255 g/mol. The maximum absolute atomic E-state index is 13.4. The number of rotatable bonds is 5. The molecular formula is C12H19FN2O2S. The Morgan fingerprint density at radius 3 is 2.28 bits per heavy atom. The summed E-state index contributed by atoms with van der Waals surface area (Å²) in [7, 11) is -3.59. The molecule has 0 fully saturated rings. The van der Waals surface area contributed by atoms with E-state index in [1.165, 1.54) is 12.1 Å². The first-order valence-electron chi connectivity index (χ1n) is 5.76. The highest BCUT2D eigenvalue weighted by Crippen LogP contribution is 2.18. The Kier molecular flexibility index (Phi) is 4.84. The second kappa shape index (κ2) is 5.77. The van der Waals surface area contributed by atoms with Crippen molar-refractivity contribution in [2.75, 3.05) is 6.54 Å². The van der Waals surface area contributed by atoms with Gasteiger partial charge in [0.05, 0.1) is 4.90 Å². The van der Waals surface area contributed by atoms with Gasteiger partial charge in [-0.2, -0.15) is 0 Å². The molecule has 0 spiro atoms. The number of halogens is 1. The van der Waals surface area contributed by atoms with Gasteiger partial charge in [-0.3, -0.25) is 0 Å². The molecule has 0 aliphatic rings. The Balaban J connectivity index is 2.92. The van der Waals surface area contributed by atoms with Crippen LogP contribution in [0.3, 0.4) is 0 Å². The van der Waals surface area contributed by atoms with Crippen LogP contribution in [0.4, 0.5) is 4.39 Å². The first-order chi connectivity index (χ1) is 8.24. The summed E-state index contributed by atoms with van der Waals surface area (Å²) in [6.07, 6.45) is 0.554. The smallest absolute Gasteiger partial charge is 0.240 e. The van der Waals surface area contributed by atoms with Gasteiger partial charge in [-0.25, -0.2) is 17.5 Å². The van der Waals surface area contributed by atoms with Crippen LogP contribution in [0.2, 0.25) is 0 Å². The zero-order valence-electron chi connectivity index (χ0n) is 10.8. The molecule has 18 heavy (non-hydrogen) atoms. The van der Waals surface area contributed by atoms with Crippen molar-refractivity contribution in [3.63, 3.8) is 0 Å². The predicted molar refractivity (Wildman–Crippen MR) is 69.3 cm³/mol. The predicted octanol–water partition coefficient (Wildman–Crippen LogP) is 1.46. The number of nitrogens with one attached hydrogen (secondary N) is 1. The van der Waals surface area contributed by atoms with Crippen molar-refractivity contribution in [2.24, 2.45) is 5.73 Å². The van der Waals surface area contributed by atoms with Crippen molar-refractivity contribution in [3.8, 4) is 0 Å². The van der Waals surface area contributed by atoms with Crippen LogP contribution in [0.1, 0.15) is 24.5 Å². The summed E-state index contributed by atoms with van der Waals surface area (Å²) in [6, 6.07) is 2.59. The standard InChI is InChI=1S/C12H19FN2O2S/c1-8-6-11(7-9(2)12(8)13)18(16,17)15-5-4-10(3)14/h6-7,10,15H,4-5,14H2,1-3H3. The Morgan fingerprint density at radius 2 is 1.83 bits per heavy atom. The maximum Gasteiger partial charge on any atom is 0.240 e. The van der Waals surface area contributed by atoms with E-state index in [0.29, 0.717) is 17.5 Å². The fraction of sp³-hybridized carbons (Fsp3) is 0.500. The molecule has 0 radical (unpaired) electrons. The molecule has 0 bridgehead atoms. The van der Waals surface area contributed by atoms with Crippen LogP contribution in [0.25, 0.3) is 0 Å². The van der Waals surface area contributed by atoms with Crippen LogP contribution < -0.4 is 10.5 Å². The lowest BCUT2D eigenvalue weighted by Gasteiger charge is -2.10. The average Bonchev–Trinajstić information content (AvgIpc) is 2.24. The van der Waals surface area contributed by atoms with Crippen LogP contribution in [-0.4, -0.2) is 21.0 Å². The van der Waals surface area contributed by atoms with Gasteiger partial charge >= 0.3 is 0 Å². The van der Waals surface area contributed by atoms with Crippen molar-refractivity contribution in [2.45, 2.75) is 38.1 Å². The summed E-state index contributed by atoms with van der Waals surface area (Å²) < 4.78 is 39.8. The number of hydrogen-bond donors (Lipinski definition) is 2. The third-order valence-corrected chi connectivity index (χ3v) is 4.05. The van der Waals surface area contributed by atoms with Gasteiger partial charge in [0.1, 0.15) is 5.82 Å². The zero-order chi connectivity index (χ0) is 13.9. The van der Waals surface area contributed by atoms with E-state index >= 15 is 0 Å². The van der Waals surface area contributed by atoms with Gasteiger partial charge in [-0.1, -0.05) is 0 Å². The largest absolute Gasteiger partial charge is 0.328 e. The fourth-order valence-electron chi connectivity index (χ4n) is 1.57. The third-order valence-electron chi connectivity index (χ3n) is 2.61. The molecule has 1 aromatic rings. The van der Waals surface area contributed by atoms with Gasteiger partial charge in [0.25, 0.3) is 0 Å². The van der Waals surface area contributed by atoms with Crippen LogP contribution >= 0.6 is 0 Å². The van der Waals surface area contributed by atoms with E-state index in [4.69, 9.17) is 5.73 Å². The minimum absolute atomic E-state index is 0.0654. The van der Waals surface area contributed by atoms with Gasteiger partial charge in [-0.05, 0) is 50.5 Å². The summed E-state index contributed by atoms with van der Waals surface area (Å²) in [5.74, 6) is -0.371. The lowest BCUT2D eigenvalue weighted by atomic mass is 10.1. The van der Waals surface area contributed by atoms with E-state index in [1.54, 1.807) is 20.8 Å². The van der Waals surface area contributed by atoms with Crippen LogP contribution in [0.5, 0.6) is 0 Å². The number of hydrogen-bond acceptors (Lipinski definition) is 3. The topological polar surface area (TPSA) is 72.2 Å². The Bertz CT molecular complexity index is 504. The summed E-state index contributed by atoms with van der Waals surface area (Å²) in [6.45, 7) is 5.17. The quantitative estimate of drug-likeness (QED) is 0.853. The number of aryl methyl sites for hydroxylation is 2. The van der Waals surface area contributed by atoms with Gasteiger partial charge in [-0.15, -0.1) is 0 Å². The Hall–Kier alpha value is -0.980. The summed E-state index contributed by atoms with van der Waals surface area (Å²) in [4.78, 5) is 0.0866. The molecule has 0 aliphatic heterocycles. The molecule has 0 saturated carbocycles. The normalized spacial score (nSPS) is 13.6. The van der Waals surface area contributed by atoms with E-state index in [1.807, 2.05) is 0 Å². The van der Waals surface area contributed by atoms with Crippen molar-refractivity contribution >= 4 is 10.0 Å². The minimum atomic E-state index is -3.59. The van der Waals surface area contributed by atoms with Crippen LogP contribution in [-0.2, 0) is 10.0 Å². The number of nitrogens with two attached hydrogens (primary N) is 1. The Labute approximate surface area is 107 Å². The highest BCUT2D eigenvalue weighted by molar-refractivity contribution is 7.89. The maximum atomic E-state index is 13.4. The molecule has 1 rings (SSSR count). The SMILES string of the molecule is Cc1cc(S(=O)(=O)NCCC(C)N)cc(C)c1F. The first kappa shape index (κ1) is 15.1. The zero-order valence-corrected chi connectivity index (χ0v) is 11.6. The summed E-state index contributed by atoms with van der Waals surface area (Å²) in [5.41, 5.74) is 6.19. The molecule has 4 nitrogen and oxygen atoms in total. The van der Waals surface area contributed by atoms with Gasteiger partial charge < -0.3 is 5.73 Å². The van der Waals surface area contributed by atoms with Crippen molar-refractivity contribution in [1.82, 2.24) is 4.72 Å². The van der Waals surface area contributed by atoms with E-state index in [-0.39, 0.29) is 23.3 Å². The Morgan fingerprint density at radius 1 is 1.33 bits per heavy atom. The molecule has 0 amide bonds. The van der Waals surface area contributed by atoms with Gasteiger partial charge in [0, 0.05) is 12.6 Å². The molecule has 0 aromatic heterocycles.